The highest BCUT2D eigenvalue weighted by Crippen LogP contribution is 2.36. The van der Waals surface area contributed by atoms with Gasteiger partial charge in [-0.05, 0) is 38.3 Å². The lowest BCUT2D eigenvalue weighted by Gasteiger charge is -2.53. The van der Waals surface area contributed by atoms with Gasteiger partial charge in [-0.3, -0.25) is 14.7 Å². The Labute approximate surface area is 155 Å². The van der Waals surface area contributed by atoms with Gasteiger partial charge in [0.2, 0.25) is 5.91 Å². The van der Waals surface area contributed by atoms with Crippen LogP contribution in [0, 0.1) is 6.92 Å². The highest BCUT2D eigenvalue weighted by molar-refractivity contribution is 5.77. The zero-order chi connectivity index (χ0) is 18.0. The number of likely N-dealkylation sites (tertiary alicyclic amines) is 2. The van der Waals surface area contributed by atoms with Crippen LogP contribution in [0.4, 0.5) is 0 Å². The number of nitrogens with zero attached hydrogens (tertiary/aromatic N) is 3. The van der Waals surface area contributed by atoms with Crippen LogP contribution >= 0.6 is 0 Å². The molecule has 1 amide bonds. The number of pyridine rings is 1. The van der Waals surface area contributed by atoms with Crippen molar-refractivity contribution in [3.8, 4) is 0 Å². The molecule has 0 radical (unpaired) electrons. The molecule has 3 fully saturated rings. The molecule has 4 rings (SSSR count). The van der Waals surface area contributed by atoms with Crippen molar-refractivity contribution < 1.29 is 14.3 Å². The molecule has 26 heavy (non-hydrogen) atoms. The van der Waals surface area contributed by atoms with Gasteiger partial charge in [-0.25, -0.2) is 0 Å². The number of carbonyl (C=O) groups is 1. The fourth-order valence-corrected chi connectivity index (χ4v) is 4.39. The average molecular weight is 359 g/mol. The number of hydrogen-bond donors (Lipinski definition) is 0. The lowest BCUT2D eigenvalue weighted by atomic mass is 9.84. The van der Waals surface area contributed by atoms with Gasteiger partial charge in [-0.2, -0.15) is 0 Å². The van der Waals surface area contributed by atoms with Crippen molar-refractivity contribution >= 4 is 5.91 Å². The maximum absolute atomic E-state index is 12.2. The van der Waals surface area contributed by atoms with Crippen LogP contribution in [0.3, 0.4) is 0 Å². The van der Waals surface area contributed by atoms with Crippen molar-refractivity contribution in [2.75, 3.05) is 39.4 Å². The molecule has 0 aliphatic carbocycles. The van der Waals surface area contributed by atoms with Crippen LogP contribution in [0.5, 0.6) is 0 Å². The molecule has 1 spiro atoms. The summed E-state index contributed by atoms with van der Waals surface area (Å²) in [6, 6.07) is 6.16. The fourth-order valence-electron chi connectivity index (χ4n) is 4.39. The van der Waals surface area contributed by atoms with Gasteiger partial charge in [-0.15, -0.1) is 0 Å². The molecule has 3 aliphatic heterocycles. The fraction of sp³-hybridized carbons (Fsp3) is 0.700. The van der Waals surface area contributed by atoms with Crippen LogP contribution in [-0.4, -0.2) is 71.8 Å². The molecule has 0 aromatic carbocycles. The SMILES string of the molecule is Cc1cccc(CN2CC3(CC(OCC(=O)N4CCCC4)CCO3)C2)n1. The lowest BCUT2D eigenvalue weighted by Crippen LogP contribution is -2.65. The van der Waals surface area contributed by atoms with E-state index >= 15 is 0 Å². The topological polar surface area (TPSA) is 54.9 Å². The number of ether oxygens (including phenoxy) is 2. The van der Waals surface area contributed by atoms with Crippen LogP contribution in [0.2, 0.25) is 0 Å². The number of hydrogen-bond acceptors (Lipinski definition) is 5. The van der Waals surface area contributed by atoms with E-state index in [9.17, 15) is 4.79 Å². The molecular weight excluding hydrogens is 330 g/mol. The summed E-state index contributed by atoms with van der Waals surface area (Å²) in [5.74, 6) is 0.142. The van der Waals surface area contributed by atoms with E-state index in [0.717, 1.165) is 76.4 Å². The minimum absolute atomic E-state index is 0.0938. The Morgan fingerprint density at radius 1 is 1.35 bits per heavy atom. The normalized spacial score (nSPS) is 25.4. The molecule has 1 aromatic heterocycles. The molecule has 0 N–H and O–H groups in total. The summed E-state index contributed by atoms with van der Waals surface area (Å²) >= 11 is 0. The summed E-state index contributed by atoms with van der Waals surface area (Å²) in [6.45, 7) is 7.45. The highest BCUT2D eigenvalue weighted by Gasteiger charge is 2.47. The Balaban J connectivity index is 1.23. The molecule has 6 heteroatoms. The Hall–Kier alpha value is -1.50. The van der Waals surface area contributed by atoms with Crippen molar-refractivity contribution in [3.05, 3.63) is 29.6 Å². The Kier molecular flexibility index (Phi) is 5.25. The minimum Gasteiger partial charge on any atom is -0.372 e. The van der Waals surface area contributed by atoms with E-state index in [1.165, 1.54) is 0 Å². The van der Waals surface area contributed by atoms with Crippen LogP contribution < -0.4 is 0 Å². The van der Waals surface area contributed by atoms with E-state index < -0.39 is 0 Å². The summed E-state index contributed by atoms with van der Waals surface area (Å²) in [4.78, 5) is 21.1. The predicted octanol–water partition coefficient (Wildman–Crippen LogP) is 1.76. The smallest absolute Gasteiger partial charge is 0.248 e. The molecule has 0 bridgehead atoms. The number of amides is 1. The van der Waals surface area contributed by atoms with Crippen molar-refractivity contribution in [1.82, 2.24) is 14.8 Å². The van der Waals surface area contributed by atoms with E-state index in [1.54, 1.807) is 0 Å². The van der Waals surface area contributed by atoms with Crippen LogP contribution in [0.25, 0.3) is 0 Å². The first-order chi connectivity index (χ1) is 12.6. The first-order valence-corrected chi connectivity index (χ1v) is 9.80. The van der Waals surface area contributed by atoms with E-state index in [0.29, 0.717) is 0 Å². The van der Waals surface area contributed by atoms with Crippen molar-refractivity contribution in [2.24, 2.45) is 0 Å². The van der Waals surface area contributed by atoms with Gasteiger partial charge in [0.1, 0.15) is 6.61 Å². The minimum atomic E-state index is -0.0938. The molecule has 3 saturated heterocycles. The maximum atomic E-state index is 12.2. The van der Waals surface area contributed by atoms with Gasteiger partial charge in [0.15, 0.2) is 0 Å². The third-order valence-electron chi connectivity index (χ3n) is 5.70. The maximum Gasteiger partial charge on any atom is 0.248 e. The van der Waals surface area contributed by atoms with Crippen LogP contribution in [-0.2, 0) is 20.8 Å². The average Bonchev–Trinajstić information content (AvgIpc) is 3.13. The molecule has 1 atom stereocenters. The molecule has 0 saturated carbocycles. The first-order valence-electron chi connectivity index (χ1n) is 9.80. The standard InChI is InChI=1S/C20H29N3O3/c1-16-5-4-6-17(21-16)12-22-14-20(15-22)11-18(7-10-26-20)25-13-19(24)23-8-2-3-9-23/h4-6,18H,2-3,7-15H2,1H3. The number of carbonyl (C=O) groups excluding carboxylic acids is 1. The Morgan fingerprint density at radius 2 is 2.15 bits per heavy atom. The molecule has 142 valence electrons. The summed E-state index contributed by atoms with van der Waals surface area (Å²) in [6.07, 6.45) is 4.15. The molecular formula is C20H29N3O3. The second-order valence-corrected chi connectivity index (χ2v) is 7.96. The second kappa shape index (κ2) is 7.62. The molecule has 3 aliphatic rings. The number of rotatable bonds is 5. The number of aryl methyl sites for hydroxylation is 1. The molecule has 1 unspecified atom stereocenters. The highest BCUT2D eigenvalue weighted by atomic mass is 16.5. The van der Waals surface area contributed by atoms with Gasteiger partial charge in [-0.1, -0.05) is 6.07 Å². The first kappa shape index (κ1) is 17.9. The Bertz CT molecular complexity index is 639. The lowest BCUT2D eigenvalue weighted by molar-refractivity contribution is -0.200. The summed E-state index contributed by atoms with van der Waals surface area (Å²) in [5, 5.41) is 0. The molecule has 4 heterocycles. The van der Waals surface area contributed by atoms with Gasteiger partial charge in [0.05, 0.1) is 17.4 Å². The van der Waals surface area contributed by atoms with Crippen molar-refractivity contribution in [1.29, 1.82) is 0 Å². The van der Waals surface area contributed by atoms with Gasteiger partial charge < -0.3 is 14.4 Å². The van der Waals surface area contributed by atoms with Crippen molar-refractivity contribution in [2.45, 2.75) is 50.9 Å². The zero-order valence-electron chi connectivity index (χ0n) is 15.7. The monoisotopic (exact) mass is 359 g/mol. The second-order valence-electron chi connectivity index (χ2n) is 7.96. The van der Waals surface area contributed by atoms with Gasteiger partial charge in [0.25, 0.3) is 0 Å². The van der Waals surface area contributed by atoms with Crippen molar-refractivity contribution in [3.63, 3.8) is 0 Å². The summed E-state index contributed by atoms with van der Waals surface area (Å²) < 4.78 is 12.0. The summed E-state index contributed by atoms with van der Waals surface area (Å²) in [7, 11) is 0. The van der Waals surface area contributed by atoms with E-state index in [4.69, 9.17) is 9.47 Å². The third-order valence-corrected chi connectivity index (χ3v) is 5.70. The molecule has 6 nitrogen and oxygen atoms in total. The van der Waals surface area contributed by atoms with E-state index in [-0.39, 0.29) is 24.2 Å². The van der Waals surface area contributed by atoms with Gasteiger partial charge >= 0.3 is 0 Å². The zero-order valence-corrected chi connectivity index (χ0v) is 15.7. The third kappa shape index (κ3) is 4.08. The quantitative estimate of drug-likeness (QED) is 0.802. The van der Waals surface area contributed by atoms with E-state index in [1.807, 2.05) is 17.9 Å². The largest absolute Gasteiger partial charge is 0.372 e. The summed E-state index contributed by atoms with van der Waals surface area (Å²) in [5.41, 5.74) is 2.08. The van der Waals surface area contributed by atoms with Crippen LogP contribution in [0.1, 0.15) is 37.1 Å². The van der Waals surface area contributed by atoms with Crippen LogP contribution in [0.15, 0.2) is 18.2 Å². The molecule has 1 aromatic rings. The van der Waals surface area contributed by atoms with Gasteiger partial charge in [0, 0.05) is 51.4 Å². The van der Waals surface area contributed by atoms with E-state index in [2.05, 4.69) is 22.0 Å². The number of aromatic nitrogens is 1. The predicted molar refractivity (Wildman–Crippen MR) is 97.7 cm³/mol. The Morgan fingerprint density at radius 3 is 2.92 bits per heavy atom.